The molecule has 2 heterocycles. The van der Waals surface area contributed by atoms with Crippen LogP contribution in [0.3, 0.4) is 0 Å². The Morgan fingerprint density at radius 2 is 1.79 bits per heavy atom. The standard InChI is InChI=1S/C18H23N3O2S/c1-20(24(22,23)15-6-7-15)14-9-12-21(13-10-14)18-8-11-19-17-5-3-2-4-16(17)18/h2-5,8,11,14-15H,6-7,9-10,12-13H2,1H3. The Kier molecular flexibility index (Phi) is 3.96. The third kappa shape index (κ3) is 2.78. The molecule has 24 heavy (non-hydrogen) atoms. The van der Waals surface area contributed by atoms with Crippen molar-refractivity contribution in [2.75, 3.05) is 25.0 Å². The SMILES string of the molecule is CN(C1CCN(c2ccnc3ccccc23)CC1)S(=O)(=O)C1CC1. The van der Waals surface area contributed by atoms with E-state index in [2.05, 4.69) is 22.0 Å². The second-order valence-electron chi connectivity index (χ2n) is 6.83. The van der Waals surface area contributed by atoms with Crippen LogP contribution >= 0.6 is 0 Å². The number of sulfonamides is 1. The first-order valence-electron chi connectivity index (χ1n) is 8.63. The van der Waals surface area contributed by atoms with Crippen molar-refractivity contribution in [2.45, 2.75) is 37.0 Å². The van der Waals surface area contributed by atoms with Gasteiger partial charge < -0.3 is 4.90 Å². The van der Waals surface area contributed by atoms with Crippen LogP contribution in [0.5, 0.6) is 0 Å². The van der Waals surface area contributed by atoms with Gasteiger partial charge in [0.1, 0.15) is 0 Å². The fourth-order valence-electron chi connectivity index (χ4n) is 3.64. The third-order valence-corrected chi connectivity index (χ3v) is 7.71. The van der Waals surface area contributed by atoms with E-state index in [0.29, 0.717) is 0 Å². The lowest BCUT2D eigenvalue weighted by Gasteiger charge is -2.37. The summed E-state index contributed by atoms with van der Waals surface area (Å²) < 4.78 is 26.5. The Morgan fingerprint density at radius 1 is 1.08 bits per heavy atom. The first-order chi connectivity index (χ1) is 11.6. The van der Waals surface area contributed by atoms with E-state index < -0.39 is 10.0 Å². The molecule has 0 radical (unpaired) electrons. The van der Waals surface area contributed by atoms with Gasteiger partial charge in [-0.3, -0.25) is 4.98 Å². The molecule has 1 aliphatic carbocycles. The van der Waals surface area contributed by atoms with Gasteiger partial charge in [-0.25, -0.2) is 12.7 Å². The fourth-order valence-corrected chi connectivity index (χ4v) is 5.46. The zero-order valence-electron chi connectivity index (χ0n) is 13.9. The van der Waals surface area contributed by atoms with Gasteiger partial charge in [0, 0.05) is 43.4 Å². The zero-order chi connectivity index (χ0) is 16.7. The minimum Gasteiger partial charge on any atom is -0.371 e. The molecular formula is C18H23N3O2S. The van der Waals surface area contributed by atoms with Gasteiger partial charge in [0.15, 0.2) is 0 Å². The Bertz CT molecular complexity index is 835. The molecule has 2 aliphatic rings. The molecule has 128 valence electrons. The van der Waals surface area contributed by atoms with Crippen LogP contribution < -0.4 is 4.90 Å². The number of aromatic nitrogens is 1. The lowest BCUT2D eigenvalue weighted by atomic mass is 10.0. The van der Waals surface area contributed by atoms with Crippen LogP contribution in [-0.4, -0.2) is 49.1 Å². The molecule has 4 rings (SSSR count). The summed E-state index contributed by atoms with van der Waals surface area (Å²) in [6.07, 6.45) is 5.26. The topological polar surface area (TPSA) is 53.5 Å². The van der Waals surface area contributed by atoms with Gasteiger partial charge in [0.05, 0.1) is 10.8 Å². The first kappa shape index (κ1) is 15.8. The Labute approximate surface area is 143 Å². The summed E-state index contributed by atoms with van der Waals surface area (Å²) in [7, 11) is -1.32. The van der Waals surface area contributed by atoms with Gasteiger partial charge in [0.25, 0.3) is 0 Å². The molecule has 0 amide bonds. The van der Waals surface area contributed by atoms with E-state index in [-0.39, 0.29) is 11.3 Å². The average Bonchev–Trinajstić information content (AvgIpc) is 3.46. The van der Waals surface area contributed by atoms with Gasteiger partial charge in [-0.15, -0.1) is 0 Å². The van der Waals surface area contributed by atoms with E-state index in [0.717, 1.165) is 49.7 Å². The van der Waals surface area contributed by atoms with Crippen molar-refractivity contribution >= 4 is 26.6 Å². The number of anilines is 1. The molecule has 1 aliphatic heterocycles. The summed E-state index contributed by atoms with van der Waals surface area (Å²) in [4.78, 5) is 6.78. The number of benzene rings is 1. The molecule has 5 nitrogen and oxygen atoms in total. The smallest absolute Gasteiger partial charge is 0.216 e. The molecule has 2 aromatic rings. The Morgan fingerprint density at radius 3 is 2.50 bits per heavy atom. The van der Waals surface area contributed by atoms with Gasteiger partial charge in [-0.2, -0.15) is 0 Å². The van der Waals surface area contributed by atoms with Crippen LogP contribution in [-0.2, 0) is 10.0 Å². The van der Waals surface area contributed by atoms with Gasteiger partial charge in [-0.05, 0) is 37.8 Å². The normalized spacial score (nSPS) is 20.0. The van der Waals surface area contributed by atoms with Crippen molar-refractivity contribution < 1.29 is 8.42 Å². The molecule has 0 spiro atoms. The molecule has 0 atom stereocenters. The van der Waals surface area contributed by atoms with E-state index in [1.807, 2.05) is 24.4 Å². The van der Waals surface area contributed by atoms with Gasteiger partial charge in [0.2, 0.25) is 10.0 Å². The molecule has 1 aromatic heterocycles. The predicted molar refractivity (Wildman–Crippen MR) is 96.7 cm³/mol. The number of pyridine rings is 1. The summed E-state index contributed by atoms with van der Waals surface area (Å²) >= 11 is 0. The second kappa shape index (κ2) is 6.01. The van der Waals surface area contributed by atoms with E-state index in [4.69, 9.17) is 0 Å². The number of rotatable bonds is 4. The van der Waals surface area contributed by atoms with Crippen LogP contribution in [0.4, 0.5) is 5.69 Å². The predicted octanol–water partition coefficient (Wildman–Crippen LogP) is 2.63. The molecule has 0 bridgehead atoms. The van der Waals surface area contributed by atoms with Gasteiger partial charge >= 0.3 is 0 Å². The molecule has 1 aromatic carbocycles. The number of fused-ring (bicyclic) bond motifs is 1. The van der Waals surface area contributed by atoms with Crippen LogP contribution in [0, 0.1) is 0 Å². The Balaban J connectivity index is 1.50. The summed E-state index contributed by atoms with van der Waals surface area (Å²) in [5.41, 5.74) is 2.21. The number of para-hydroxylation sites is 1. The van der Waals surface area contributed by atoms with Crippen molar-refractivity contribution in [1.29, 1.82) is 0 Å². The minimum atomic E-state index is -3.08. The second-order valence-corrected chi connectivity index (χ2v) is 9.10. The number of hydrogen-bond donors (Lipinski definition) is 0. The van der Waals surface area contributed by atoms with Crippen molar-refractivity contribution in [1.82, 2.24) is 9.29 Å². The summed E-state index contributed by atoms with van der Waals surface area (Å²) in [5, 5.41) is 1.04. The Hall–Kier alpha value is -1.66. The summed E-state index contributed by atoms with van der Waals surface area (Å²) in [6, 6.07) is 10.4. The molecular weight excluding hydrogens is 322 g/mol. The maximum Gasteiger partial charge on any atom is 0.216 e. The molecule has 2 fully saturated rings. The van der Waals surface area contributed by atoms with Crippen molar-refractivity contribution in [3.63, 3.8) is 0 Å². The molecule has 0 unspecified atom stereocenters. The highest BCUT2D eigenvalue weighted by Gasteiger charge is 2.41. The first-order valence-corrected chi connectivity index (χ1v) is 10.1. The highest BCUT2D eigenvalue weighted by Crippen LogP contribution is 2.34. The van der Waals surface area contributed by atoms with E-state index in [1.165, 1.54) is 5.69 Å². The lowest BCUT2D eigenvalue weighted by Crippen LogP contribution is -2.46. The molecule has 1 saturated carbocycles. The maximum atomic E-state index is 12.4. The molecule has 0 N–H and O–H groups in total. The largest absolute Gasteiger partial charge is 0.371 e. The van der Waals surface area contributed by atoms with Gasteiger partial charge in [-0.1, -0.05) is 18.2 Å². The monoisotopic (exact) mass is 345 g/mol. The van der Waals surface area contributed by atoms with Crippen LogP contribution in [0.2, 0.25) is 0 Å². The minimum absolute atomic E-state index is 0.121. The highest BCUT2D eigenvalue weighted by molar-refractivity contribution is 7.90. The average molecular weight is 345 g/mol. The molecule has 6 heteroatoms. The number of nitrogens with zero attached hydrogens (tertiary/aromatic N) is 3. The van der Waals surface area contributed by atoms with Crippen LogP contribution in [0.1, 0.15) is 25.7 Å². The van der Waals surface area contributed by atoms with Crippen molar-refractivity contribution in [2.24, 2.45) is 0 Å². The van der Waals surface area contributed by atoms with E-state index in [9.17, 15) is 8.42 Å². The zero-order valence-corrected chi connectivity index (χ0v) is 14.7. The summed E-state index contributed by atoms with van der Waals surface area (Å²) in [6.45, 7) is 1.76. The van der Waals surface area contributed by atoms with Crippen molar-refractivity contribution in [3.8, 4) is 0 Å². The van der Waals surface area contributed by atoms with E-state index >= 15 is 0 Å². The van der Waals surface area contributed by atoms with E-state index in [1.54, 1.807) is 11.4 Å². The lowest BCUT2D eigenvalue weighted by molar-refractivity contribution is 0.312. The fraction of sp³-hybridized carbons (Fsp3) is 0.500. The van der Waals surface area contributed by atoms with Crippen LogP contribution in [0.25, 0.3) is 10.9 Å². The van der Waals surface area contributed by atoms with Crippen molar-refractivity contribution in [3.05, 3.63) is 36.5 Å². The number of hydrogen-bond acceptors (Lipinski definition) is 4. The van der Waals surface area contributed by atoms with Crippen LogP contribution in [0.15, 0.2) is 36.5 Å². The summed E-state index contributed by atoms with van der Waals surface area (Å²) in [5.74, 6) is 0. The molecule has 1 saturated heterocycles. The quantitative estimate of drug-likeness (QED) is 0.855. The highest BCUT2D eigenvalue weighted by atomic mass is 32.2. The third-order valence-electron chi connectivity index (χ3n) is 5.29. The maximum absolute atomic E-state index is 12.4. The number of piperidine rings is 1.